The Hall–Kier alpha value is -6.01. The fourth-order valence-electron chi connectivity index (χ4n) is 7.05. The summed E-state index contributed by atoms with van der Waals surface area (Å²) in [5, 5.41) is 19.1. The molecule has 18 heteroatoms. The van der Waals surface area contributed by atoms with E-state index in [9.17, 15) is 38.7 Å². The smallest absolute Gasteiger partial charge is 0.251 e. The van der Waals surface area contributed by atoms with Gasteiger partial charge in [0.1, 0.15) is 11.8 Å². The number of rotatable bonds is 24. The number of amides is 4. The maximum atomic E-state index is 14.3. The van der Waals surface area contributed by atoms with Crippen molar-refractivity contribution >= 4 is 79.4 Å². The minimum Gasteiger partial charge on any atom is -0.396 e. The van der Waals surface area contributed by atoms with Crippen LogP contribution in [0.15, 0.2) is 53.7 Å². The minimum atomic E-state index is -1.12. The van der Waals surface area contributed by atoms with E-state index in [2.05, 4.69) is 30.9 Å². The van der Waals surface area contributed by atoms with Crippen LogP contribution in [0, 0.1) is 23.7 Å². The quantitative estimate of drug-likeness (QED) is 0.0219. The molecular weight excluding hydrogens is 803 g/mol. The molecule has 0 spiro atoms. The van der Waals surface area contributed by atoms with E-state index in [1.807, 2.05) is 38.1 Å². The van der Waals surface area contributed by atoms with Gasteiger partial charge in [-0.25, -0.2) is 4.98 Å². The van der Waals surface area contributed by atoms with Crippen molar-refractivity contribution in [2.45, 2.75) is 91.3 Å². The highest BCUT2D eigenvalue weighted by atomic mass is 32.1. The second-order valence-corrected chi connectivity index (χ2v) is 17.1. The first kappa shape index (κ1) is 47.7. The van der Waals surface area contributed by atoms with Crippen LogP contribution in [-0.4, -0.2) is 93.3 Å². The van der Waals surface area contributed by atoms with Crippen LogP contribution >= 0.6 is 11.3 Å². The van der Waals surface area contributed by atoms with E-state index in [4.69, 9.17) is 17.2 Å². The Bertz CT molecular complexity index is 2260. The number of aromatic amines is 1. The first-order valence-corrected chi connectivity index (χ1v) is 21.1. The number of primary amides is 1. The van der Waals surface area contributed by atoms with Gasteiger partial charge in [0.2, 0.25) is 23.5 Å². The van der Waals surface area contributed by atoms with Crippen molar-refractivity contribution in [3.8, 4) is 0 Å². The fraction of sp³-hybridized carbons (Fsp3) is 0.465. The number of aliphatic hydroxyl groups is 1. The number of benzene rings is 2. The number of ketones is 3. The van der Waals surface area contributed by atoms with Crippen LogP contribution < -0.4 is 33.2 Å². The maximum Gasteiger partial charge on any atom is 0.251 e. The van der Waals surface area contributed by atoms with Gasteiger partial charge >= 0.3 is 0 Å². The zero-order valence-electron chi connectivity index (χ0n) is 35.2. The Labute approximate surface area is 358 Å². The molecule has 2 aromatic heterocycles. The van der Waals surface area contributed by atoms with E-state index in [0.717, 1.165) is 27.8 Å². The number of Topliss-reactive ketones (excluding diaryl/α,β-unsaturated/α-hetero) is 3. The molecule has 61 heavy (non-hydrogen) atoms. The number of aliphatic imine (C=N–C) groups is 1. The van der Waals surface area contributed by atoms with Gasteiger partial charge in [0.05, 0.1) is 34.8 Å². The molecule has 4 amide bonds. The van der Waals surface area contributed by atoms with Crippen molar-refractivity contribution in [3.63, 3.8) is 0 Å². The van der Waals surface area contributed by atoms with Gasteiger partial charge in [-0.15, -0.1) is 11.3 Å². The summed E-state index contributed by atoms with van der Waals surface area (Å²) in [6.07, 6.45) is 2.00. The second kappa shape index (κ2) is 22.0. The number of hydrogen-bond donors (Lipinski definition) is 8. The van der Waals surface area contributed by atoms with Crippen molar-refractivity contribution in [2.75, 3.05) is 13.2 Å². The monoisotopic (exact) mass is 859 g/mol. The lowest BCUT2D eigenvalue weighted by Gasteiger charge is -2.25. The van der Waals surface area contributed by atoms with Crippen LogP contribution in [0.1, 0.15) is 92.4 Å². The largest absolute Gasteiger partial charge is 0.396 e. The van der Waals surface area contributed by atoms with E-state index in [-0.39, 0.29) is 72.8 Å². The third kappa shape index (κ3) is 13.5. The van der Waals surface area contributed by atoms with Crippen molar-refractivity contribution < 1.29 is 38.7 Å². The van der Waals surface area contributed by atoms with E-state index in [1.54, 1.807) is 32.2 Å². The van der Waals surface area contributed by atoms with Gasteiger partial charge < -0.3 is 48.0 Å². The van der Waals surface area contributed by atoms with E-state index in [1.165, 1.54) is 13.0 Å². The number of H-pyrrole nitrogens is 1. The van der Waals surface area contributed by atoms with Crippen LogP contribution in [-0.2, 0) is 30.4 Å². The number of guanidine groups is 1. The van der Waals surface area contributed by atoms with E-state index >= 15 is 0 Å². The predicted octanol–water partition coefficient (Wildman–Crippen LogP) is 2.68. The Kier molecular flexibility index (Phi) is 17.2. The summed E-state index contributed by atoms with van der Waals surface area (Å²) in [5.74, 6) is -6.08. The Morgan fingerprint density at radius 3 is 2.21 bits per heavy atom. The number of carbonyl (C=O) groups excluding carboxylic acids is 7. The van der Waals surface area contributed by atoms with Crippen molar-refractivity contribution in [2.24, 2.45) is 45.9 Å². The second-order valence-electron chi connectivity index (χ2n) is 16.1. The van der Waals surface area contributed by atoms with Crippen LogP contribution in [0.3, 0.4) is 0 Å². The van der Waals surface area contributed by atoms with Gasteiger partial charge in [-0.3, -0.25) is 33.8 Å². The molecule has 2 heterocycles. The number of hydrogen-bond acceptors (Lipinski definition) is 11. The highest BCUT2D eigenvalue weighted by Gasteiger charge is 2.33. The lowest BCUT2D eigenvalue weighted by Crippen LogP contribution is -2.48. The number of nitrogens with two attached hydrogens (primary N) is 3. The SMILES string of the molecule is CC(=O)C[C@@H](CO)C(=O)N[C@H](Cc1c[nH]c2ccccc12)C(=O)C[C@@H](CC(C)C)C(=O)N[C@@H](CCCN=C(N)N)C(=O)c1nc2ccc(C(=O)N[C@H](C(N)=O)C(C)C)cc2s1. The number of thiazole rings is 1. The van der Waals surface area contributed by atoms with Crippen LogP contribution in [0.5, 0.6) is 0 Å². The third-order valence-corrected chi connectivity index (χ3v) is 11.2. The molecule has 0 aliphatic heterocycles. The molecule has 0 saturated carbocycles. The highest BCUT2D eigenvalue weighted by Crippen LogP contribution is 2.27. The van der Waals surface area contributed by atoms with E-state index in [0.29, 0.717) is 16.6 Å². The van der Waals surface area contributed by atoms with Gasteiger partial charge in [0.15, 0.2) is 16.8 Å². The molecule has 0 fully saturated rings. The lowest BCUT2D eigenvalue weighted by atomic mass is 9.87. The number of carbonyl (C=O) groups is 7. The zero-order chi connectivity index (χ0) is 45.0. The average molecular weight is 860 g/mol. The zero-order valence-corrected chi connectivity index (χ0v) is 36.0. The fourth-order valence-corrected chi connectivity index (χ4v) is 8.05. The highest BCUT2D eigenvalue weighted by molar-refractivity contribution is 7.20. The molecular formula is C43H57N9O8S. The molecule has 5 atom stereocenters. The Morgan fingerprint density at radius 1 is 0.885 bits per heavy atom. The summed E-state index contributed by atoms with van der Waals surface area (Å²) >= 11 is 1.03. The van der Waals surface area contributed by atoms with Gasteiger partial charge in [-0.1, -0.05) is 45.9 Å². The lowest BCUT2D eigenvalue weighted by molar-refractivity contribution is -0.134. The standard InChI is InChI=1S/C43H57N9O8S/c1-22(2)15-26(18-34(55)33(50-41(60)28(21-53)16-24(5)54)17-27-20-48-30-10-7-6-9-29(27)30)40(59)49-32(11-8-14-47-43(45)46)37(56)42-51-31-13-12-25(19-35(31)61-42)39(58)52-36(23(3)4)38(44)57/h6-7,9-10,12-13,19-20,22-23,26,28,32-33,36,48,53H,8,11,14-18,21H2,1-5H3,(H2,44,57)(H,49,59)(H,50,60)(H,52,58)(H4,45,46,47)/t26-,28+,32+,33-,36+/m1/s1. The molecule has 328 valence electrons. The van der Waals surface area contributed by atoms with Crippen molar-refractivity contribution in [1.82, 2.24) is 25.9 Å². The third-order valence-electron chi connectivity index (χ3n) is 10.2. The first-order chi connectivity index (χ1) is 28.9. The van der Waals surface area contributed by atoms with Gasteiger partial charge in [-0.05, 0) is 67.9 Å². The number of aliphatic hydroxyl groups excluding tert-OH is 1. The molecule has 17 nitrogen and oxygen atoms in total. The first-order valence-electron chi connectivity index (χ1n) is 20.3. The number of fused-ring (bicyclic) bond motifs is 2. The molecule has 11 N–H and O–H groups in total. The summed E-state index contributed by atoms with van der Waals surface area (Å²) in [6, 6.07) is 9.02. The Balaban J connectivity index is 1.61. The van der Waals surface area contributed by atoms with Crippen LogP contribution in [0.25, 0.3) is 21.1 Å². The summed E-state index contributed by atoms with van der Waals surface area (Å²) in [6.45, 7) is 8.19. The minimum absolute atomic E-state index is 0.0509. The normalized spacial score (nSPS) is 13.9. The molecule has 0 saturated heterocycles. The van der Waals surface area contributed by atoms with Crippen molar-refractivity contribution in [1.29, 1.82) is 0 Å². The molecule has 0 unspecified atom stereocenters. The molecule has 2 aromatic carbocycles. The topological polar surface area (TPSA) is 295 Å². The summed E-state index contributed by atoms with van der Waals surface area (Å²) in [7, 11) is 0. The summed E-state index contributed by atoms with van der Waals surface area (Å²) in [5.41, 5.74) is 18.8. The average Bonchev–Trinajstić information content (AvgIpc) is 3.82. The summed E-state index contributed by atoms with van der Waals surface area (Å²) < 4.78 is 0.514. The number of nitrogens with one attached hydrogen (secondary N) is 4. The molecule has 4 rings (SSSR count). The van der Waals surface area contributed by atoms with Crippen molar-refractivity contribution in [3.05, 3.63) is 64.8 Å². The predicted molar refractivity (Wildman–Crippen MR) is 233 cm³/mol. The van der Waals surface area contributed by atoms with Gasteiger partial charge in [0.25, 0.3) is 5.91 Å². The molecule has 0 bridgehead atoms. The summed E-state index contributed by atoms with van der Waals surface area (Å²) in [4.78, 5) is 105. The number of nitrogens with zero attached hydrogens (tertiary/aromatic N) is 2. The van der Waals surface area contributed by atoms with Crippen LogP contribution in [0.2, 0.25) is 0 Å². The molecule has 0 aliphatic carbocycles. The number of para-hydroxylation sites is 1. The van der Waals surface area contributed by atoms with Crippen LogP contribution in [0.4, 0.5) is 0 Å². The molecule has 4 aromatic rings. The van der Waals surface area contributed by atoms with E-state index < -0.39 is 71.8 Å². The Morgan fingerprint density at radius 2 is 1.57 bits per heavy atom. The van der Waals surface area contributed by atoms with Gasteiger partial charge in [-0.2, -0.15) is 0 Å². The molecule has 0 radical (unpaired) electrons. The number of aromatic nitrogens is 2. The van der Waals surface area contributed by atoms with Gasteiger partial charge in [0, 0.05) is 54.4 Å². The molecule has 0 aliphatic rings. The maximum absolute atomic E-state index is 14.3.